The molecule has 0 atom stereocenters. The molecule has 0 radical (unpaired) electrons. The smallest absolute Gasteiger partial charge is 0.305 e. The fraction of sp³-hybridized carbons (Fsp3) is 0.912. The summed E-state index contributed by atoms with van der Waals surface area (Å²) in [6.45, 7) is 5.46. The molecule has 0 rings (SSSR count). The first kappa shape index (κ1) is 39.4. The van der Waals surface area contributed by atoms with Crippen LogP contribution in [0.3, 0.4) is 0 Å². The van der Waals surface area contributed by atoms with Crippen molar-refractivity contribution in [1.29, 1.82) is 0 Å². The van der Waals surface area contributed by atoms with Gasteiger partial charge in [-0.25, -0.2) is 0 Å². The lowest BCUT2D eigenvalue weighted by Crippen LogP contribution is -2.42. The third-order valence-corrected chi connectivity index (χ3v) is 7.66. The van der Waals surface area contributed by atoms with E-state index in [1.165, 1.54) is 70.6 Å². The topological polar surface area (TPSA) is 99.1 Å². The second-order valence-corrected chi connectivity index (χ2v) is 11.9. The van der Waals surface area contributed by atoms with Gasteiger partial charge in [-0.15, -0.1) is 0 Å². The molecular weight excluding hydrogens is 520 g/mol. The molecule has 0 saturated heterocycles. The van der Waals surface area contributed by atoms with E-state index in [1.807, 2.05) is 0 Å². The molecule has 0 aliphatic carbocycles. The Kier molecular flexibility index (Phi) is 27.4. The number of hydrogen-bond donors (Lipinski definition) is 1. The zero-order valence-corrected chi connectivity index (χ0v) is 27.0. The normalized spacial score (nSPS) is 11.4. The van der Waals surface area contributed by atoms with E-state index >= 15 is 0 Å². The van der Waals surface area contributed by atoms with Crippen LogP contribution in [0.5, 0.6) is 0 Å². The third kappa shape index (κ3) is 24.7. The molecule has 0 aromatic rings. The summed E-state index contributed by atoms with van der Waals surface area (Å²) in [7, 11) is 0. The van der Waals surface area contributed by atoms with E-state index in [4.69, 9.17) is 14.2 Å². The van der Waals surface area contributed by atoms with Crippen LogP contribution < -0.4 is 0 Å². The molecule has 0 unspecified atom stereocenters. The Bertz CT molecular complexity index is 609. The Morgan fingerprint density at radius 2 is 0.683 bits per heavy atom. The Hall–Kier alpha value is -1.63. The van der Waals surface area contributed by atoms with Crippen molar-refractivity contribution in [1.82, 2.24) is 0 Å². The number of esters is 3. The van der Waals surface area contributed by atoms with E-state index in [1.54, 1.807) is 0 Å². The minimum atomic E-state index is -1.16. The first-order chi connectivity index (χ1) is 19.9. The lowest BCUT2D eigenvalue weighted by Gasteiger charge is -2.30. The summed E-state index contributed by atoms with van der Waals surface area (Å²) in [4.78, 5) is 36.8. The van der Waals surface area contributed by atoms with E-state index in [0.717, 1.165) is 57.8 Å². The molecule has 0 heterocycles. The Labute approximate surface area is 251 Å². The molecule has 0 aromatic heterocycles. The van der Waals surface area contributed by atoms with Gasteiger partial charge in [0.05, 0.1) is 12.0 Å². The van der Waals surface area contributed by atoms with Crippen molar-refractivity contribution >= 4 is 17.9 Å². The fourth-order valence-corrected chi connectivity index (χ4v) is 4.68. The standard InChI is InChI=1S/C34H64O7/c1-4-7-10-11-12-13-14-15-16-17-18-19-20-23-26-33(38)41-30-34(27-35,28-39-31(36)24-21-8-5-2)29-40-32(37)25-22-9-6-3/h35H,4-30H2,1-3H3. The van der Waals surface area contributed by atoms with Crippen LogP contribution in [0.25, 0.3) is 0 Å². The van der Waals surface area contributed by atoms with Gasteiger partial charge in [-0.2, -0.15) is 0 Å². The summed E-state index contributed by atoms with van der Waals surface area (Å²) < 4.78 is 16.3. The van der Waals surface area contributed by atoms with Gasteiger partial charge in [0.25, 0.3) is 0 Å². The highest BCUT2D eigenvalue weighted by atomic mass is 16.6. The molecule has 7 nitrogen and oxygen atoms in total. The van der Waals surface area contributed by atoms with Crippen molar-refractivity contribution in [3.63, 3.8) is 0 Å². The third-order valence-electron chi connectivity index (χ3n) is 7.66. The molecule has 0 fully saturated rings. The van der Waals surface area contributed by atoms with E-state index < -0.39 is 12.0 Å². The molecular formula is C34H64O7. The lowest BCUT2D eigenvalue weighted by atomic mass is 9.92. The van der Waals surface area contributed by atoms with E-state index in [2.05, 4.69) is 20.8 Å². The van der Waals surface area contributed by atoms with Gasteiger partial charge in [0.15, 0.2) is 0 Å². The summed E-state index contributed by atoms with van der Waals surface area (Å²) in [5, 5.41) is 10.2. The highest BCUT2D eigenvalue weighted by Gasteiger charge is 2.35. The van der Waals surface area contributed by atoms with Gasteiger partial charge < -0.3 is 19.3 Å². The van der Waals surface area contributed by atoms with Crippen LogP contribution in [0.4, 0.5) is 0 Å². The number of aliphatic hydroxyl groups is 1. The summed E-state index contributed by atoms with van der Waals surface area (Å²) in [6.07, 6.45) is 23.7. The molecule has 1 N–H and O–H groups in total. The van der Waals surface area contributed by atoms with Crippen molar-refractivity contribution in [2.24, 2.45) is 5.41 Å². The van der Waals surface area contributed by atoms with Crippen LogP contribution in [-0.4, -0.2) is 49.4 Å². The van der Waals surface area contributed by atoms with Crippen molar-refractivity contribution < 1.29 is 33.7 Å². The molecule has 7 heteroatoms. The van der Waals surface area contributed by atoms with Crippen molar-refractivity contribution in [2.75, 3.05) is 26.4 Å². The molecule has 0 saturated carbocycles. The largest absolute Gasteiger partial charge is 0.465 e. The van der Waals surface area contributed by atoms with Crippen molar-refractivity contribution in [3.05, 3.63) is 0 Å². The molecule has 0 amide bonds. The first-order valence-electron chi connectivity index (χ1n) is 17.0. The minimum absolute atomic E-state index is 0.161. The van der Waals surface area contributed by atoms with Crippen molar-refractivity contribution in [2.45, 2.75) is 168 Å². The highest BCUT2D eigenvalue weighted by molar-refractivity contribution is 5.70. The summed E-state index contributed by atoms with van der Waals surface area (Å²) >= 11 is 0. The second kappa shape index (κ2) is 28.5. The highest BCUT2D eigenvalue weighted by Crippen LogP contribution is 2.21. The second-order valence-electron chi connectivity index (χ2n) is 11.9. The molecule has 242 valence electrons. The maximum Gasteiger partial charge on any atom is 0.305 e. The van der Waals surface area contributed by atoms with Crippen LogP contribution in [0, 0.1) is 5.41 Å². The number of rotatable bonds is 30. The molecule has 41 heavy (non-hydrogen) atoms. The van der Waals surface area contributed by atoms with E-state index in [0.29, 0.717) is 19.3 Å². The predicted molar refractivity (Wildman–Crippen MR) is 166 cm³/mol. The summed E-state index contributed by atoms with van der Waals surface area (Å²) in [5.74, 6) is -1.07. The SMILES string of the molecule is CCCCCCCCCCCCCCCCC(=O)OCC(CO)(COC(=O)CCCCC)COC(=O)CCCCC. The van der Waals surface area contributed by atoms with Crippen molar-refractivity contribution in [3.8, 4) is 0 Å². The quantitative estimate of drug-likeness (QED) is 0.0512. The van der Waals surface area contributed by atoms with E-state index in [-0.39, 0.29) is 37.7 Å². The van der Waals surface area contributed by atoms with Gasteiger partial charge in [0, 0.05) is 19.3 Å². The van der Waals surface area contributed by atoms with Crippen LogP contribution in [0.15, 0.2) is 0 Å². The average molecular weight is 585 g/mol. The number of ether oxygens (including phenoxy) is 3. The maximum absolute atomic E-state index is 12.4. The molecule has 0 spiro atoms. The minimum Gasteiger partial charge on any atom is -0.465 e. The molecule has 0 aromatic carbocycles. The molecule has 0 aliphatic rings. The number of carbonyl (C=O) groups excluding carboxylic acids is 3. The van der Waals surface area contributed by atoms with Gasteiger partial charge in [-0.1, -0.05) is 130 Å². The maximum atomic E-state index is 12.4. The Balaban J connectivity index is 4.33. The predicted octanol–water partition coefficient (Wildman–Crippen LogP) is 8.63. The first-order valence-corrected chi connectivity index (χ1v) is 17.0. The van der Waals surface area contributed by atoms with Gasteiger partial charge in [0.2, 0.25) is 0 Å². The molecule has 0 bridgehead atoms. The Morgan fingerprint density at radius 3 is 0.976 bits per heavy atom. The van der Waals surface area contributed by atoms with Crippen LogP contribution in [0.2, 0.25) is 0 Å². The monoisotopic (exact) mass is 584 g/mol. The average Bonchev–Trinajstić information content (AvgIpc) is 2.97. The zero-order valence-electron chi connectivity index (χ0n) is 27.0. The molecule has 0 aliphatic heterocycles. The number of carbonyl (C=O) groups is 3. The van der Waals surface area contributed by atoms with Gasteiger partial charge >= 0.3 is 17.9 Å². The number of unbranched alkanes of at least 4 members (excludes halogenated alkanes) is 17. The zero-order chi connectivity index (χ0) is 30.4. The number of hydrogen-bond acceptors (Lipinski definition) is 7. The Morgan fingerprint density at radius 1 is 0.439 bits per heavy atom. The van der Waals surface area contributed by atoms with Crippen LogP contribution >= 0.6 is 0 Å². The van der Waals surface area contributed by atoms with Gasteiger partial charge in [0.1, 0.15) is 19.8 Å². The van der Waals surface area contributed by atoms with Crippen LogP contribution in [0.1, 0.15) is 168 Å². The van der Waals surface area contributed by atoms with Gasteiger partial charge in [-0.3, -0.25) is 14.4 Å². The van der Waals surface area contributed by atoms with Gasteiger partial charge in [-0.05, 0) is 19.3 Å². The summed E-state index contributed by atoms with van der Waals surface area (Å²) in [5.41, 5.74) is -1.16. The fourth-order valence-electron chi connectivity index (χ4n) is 4.68. The lowest BCUT2D eigenvalue weighted by molar-refractivity contribution is -0.165. The van der Waals surface area contributed by atoms with Crippen LogP contribution in [-0.2, 0) is 28.6 Å². The summed E-state index contributed by atoms with van der Waals surface area (Å²) in [6, 6.07) is 0. The number of aliphatic hydroxyl groups excluding tert-OH is 1. The van der Waals surface area contributed by atoms with E-state index in [9.17, 15) is 19.5 Å².